The molecular weight excluding hydrogens is 312 g/mol. The molecule has 0 spiro atoms. The number of thiazole rings is 1. The first-order valence-corrected chi connectivity index (χ1v) is 9.31. The van der Waals surface area contributed by atoms with Gasteiger partial charge in [-0.15, -0.1) is 11.3 Å². The van der Waals surface area contributed by atoms with Crippen molar-refractivity contribution in [3.63, 3.8) is 0 Å². The number of hydrogen-bond donors (Lipinski definition) is 1. The monoisotopic (exact) mass is 336 g/mol. The second kappa shape index (κ2) is 5.94. The van der Waals surface area contributed by atoms with Crippen LogP contribution in [0.4, 0.5) is 9.93 Å². The minimum atomic E-state index is 0.0669. The van der Waals surface area contributed by atoms with Gasteiger partial charge in [-0.25, -0.2) is 9.78 Å². The summed E-state index contributed by atoms with van der Waals surface area (Å²) in [5.41, 5.74) is 1.11. The van der Waals surface area contributed by atoms with Gasteiger partial charge in [-0.2, -0.15) is 0 Å². The van der Waals surface area contributed by atoms with E-state index in [-0.39, 0.29) is 18.2 Å². The van der Waals surface area contributed by atoms with Crippen molar-refractivity contribution < 1.29 is 9.53 Å². The van der Waals surface area contributed by atoms with Crippen molar-refractivity contribution in [1.82, 2.24) is 15.2 Å². The summed E-state index contributed by atoms with van der Waals surface area (Å²) in [6.45, 7) is 7.38. The van der Waals surface area contributed by atoms with Crippen molar-refractivity contribution in [3.05, 3.63) is 10.6 Å². The number of carbonyl (C=O) groups excluding carboxylic acids is 1. The summed E-state index contributed by atoms with van der Waals surface area (Å²) in [6.07, 6.45) is 3.84. The topological polar surface area (TPSA) is 57.7 Å². The molecule has 1 N–H and O–H groups in total. The summed E-state index contributed by atoms with van der Waals surface area (Å²) in [7, 11) is 0. The Balaban J connectivity index is 1.30. The third-order valence-electron chi connectivity index (χ3n) is 5.27. The van der Waals surface area contributed by atoms with Crippen LogP contribution in [0.3, 0.4) is 0 Å². The van der Waals surface area contributed by atoms with Crippen LogP contribution >= 0.6 is 11.3 Å². The van der Waals surface area contributed by atoms with Gasteiger partial charge < -0.3 is 19.9 Å². The zero-order valence-corrected chi connectivity index (χ0v) is 14.6. The molecule has 3 fully saturated rings. The lowest BCUT2D eigenvalue weighted by molar-refractivity contribution is 0.0969. The highest BCUT2D eigenvalue weighted by Gasteiger charge is 2.42. The first kappa shape index (κ1) is 15.2. The Bertz CT molecular complexity index is 577. The molecule has 6 nitrogen and oxygen atoms in total. The van der Waals surface area contributed by atoms with Gasteiger partial charge in [-0.3, -0.25) is 0 Å². The zero-order chi connectivity index (χ0) is 16.0. The predicted molar refractivity (Wildman–Crippen MR) is 90.2 cm³/mol. The molecule has 0 aliphatic carbocycles. The molecule has 3 atom stereocenters. The van der Waals surface area contributed by atoms with Gasteiger partial charge >= 0.3 is 6.03 Å². The quantitative estimate of drug-likeness (QED) is 0.896. The van der Waals surface area contributed by atoms with Crippen LogP contribution in [0.25, 0.3) is 0 Å². The van der Waals surface area contributed by atoms with E-state index in [1.807, 2.05) is 4.90 Å². The van der Waals surface area contributed by atoms with Crippen LogP contribution in [-0.2, 0) is 4.74 Å². The van der Waals surface area contributed by atoms with Crippen molar-refractivity contribution in [2.75, 3.05) is 31.1 Å². The summed E-state index contributed by atoms with van der Waals surface area (Å²) >= 11 is 1.74. The number of carbonyl (C=O) groups is 1. The molecule has 4 heterocycles. The number of piperazine rings is 1. The van der Waals surface area contributed by atoms with Crippen molar-refractivity contribution >= 4 is 22.5 Å². The molecule has 1 aromatic rings. The van der Waals surface area contributed by atoms with Crippen LogP contribution in [0.15, 0.2) is 0 Å². The van der Waals surface area contributed by atoms with E-state index in [4.69, 9.17) is 4.74 Å². The summed E-state index contributed by atoms with van der Waals surface area (Å²) < 4.78 is 5.81. The van der Waals surface area contributed by atoms with Crippen molar-refractivity contribution in [2.45, 2.75) is 51.4 Å². The van der Waals surface area contributed by atoms with Crippen molar-refractivity contribution in [3.8, 4) is 0 Å². The number of fused-ring (bicyclic) bond motifs is 2. The third-order valence-corrected chi connectivity index (χ3v) is 6.40. The highest BCUT2D eigenvalue weighted by Crippen LogP contribution is 2.34. The van der Waals surface area contributed by atoms with Crippen molar-refractivity contribution in [2.24, 2.45) is 0 Å². The molecule has 2 bridgehead atoms. The minimum absolute atomic E-state index is 0.0669. The standard InChI is InChI=1S/C16H24N4O2S/c1-10-11(2)23-16(17-10)20-7-5-19(6-8-20)15(21)18-13-9-12-3-4-14(13)22-12/h12-14H,3-9H2,1-2H3,(H,18,21). The first-order valence-electron chi connectivity index (χ1n) is 8.50. The normalized spacial score (nSPS) is 30.1. The summed E-state index contributed by atoms with van der Waals surface area (Å²) in [5.74, 6) is 0. The summed E-state index contributed by atoms with van der Waals surface area (Å²) in [4.78, 5) is 22.6. The number of amides is 2. The number of anilines is 1. The molecule has 3 aliphatic rings. The lowest BCUT2D eigenvalue weighted by Gasteiger charge is -2.35. The van der Waals surface area contributed by atoms with Gasteiger partial charge in [0.1, 0.15) is 0 Å². The van der Waals surface area contributed by atoms with E-state index in [1.54, 1.807) is 11.3 Å². The van der Waals surface area contributed by atoms with E-state index >= 15 is 0 Å². The number of hydrogen-bond acceptors (Lipinski definition) is 5. The fraction of sp³-hybridized carbons (Fsp3) is 0.750. The number of aromatic nitrogens is 1. The van der Waals surface area contributed by atoms with Gasteiger partial charge in [0.25, 0.3) is 0 Å². The lowest BCUT2D eigenvalue weighted by Crippen LogP contribution is -2.54. The van der Waals surface area contributed by atoms with Crippen LogP contribution in [0.1, 0.15) is 29.8 Å². The number of rotatable bonds is 2. The van der Waals surface area contributed by atoms with Crippen LogP contribution in [-0.4, -0.2) is 60.3 Å². The Morgan fingerprint density at radius 2 is 2.04 bits per heavy atom. The molecule has 0 radical (unpaired) electrons. The number of nitrogens with one attached hydrogen (secondary N) is 1. The van der Waals surface area contributed by atoms with Gasteiger partial charge in [0.2, 0.25) is 0 Å². The van der Waals surface area contributed by atoms with Gasteiger partial charge in [-0.1, -0.05) is 0 Å². The van der Waals surface area contributed by atoms with Gasteiger partial charge in [-0.05, 0) is 33.1 Å². The zero-order valence-electron chi connectivity index (χ0n) is 13.7. The van der Waals surface area contributed by atoms with Crippen LogP contribution in [0.5, 0.6) is 0 Å². The molecule has 7 heteroatoms. The molecule has 3 unspecified atom stereocenters. The highest BCUT2D eigenvalue weighted by molar-refractivity contribution is 7.15. The molecule has 3 aliphatic heterocycles. The second-order valence-corrected chi connectivity index (χ2v) is 7.96. The third kappa shape index (κ3) is 2.92. The Hall–Kier alpha value is -1.34. The van der Waals surface area contributed by atoms with E-state index < -0.39 is 0 Å². The van der Waals surface area contributed by atoms with E-state index in [0.717, 1.165) is 56.3 Å². The van der Waals surface area contributed by atoms with Gasteiger partial charge in [0, 0.05) is 31.1 Å². The predicted octanol–water partition coefficient (Wildman–Crippen LogP) is 1.91. The molecule has 1 aromatic heterocycles. The maximum Gasteiger partial charge on any atom is 0.317 e. The number of ether oxygens (including phenoxy) is 1. The largest absolute Gasteiger partial charge is 0.373 e. The average Bonchev–Trinajstić information content (AvgIpc) is 3.24. The second-order valence-electron chi connectivity index (χ2n) is 6.78. The average molecular weight is 336 g/mol. The van der Waals surface area contributed by atoms with E-state index in [0.29, 0.717) is 6.10 Å². The van der Waals surface area contributed by atoms with Gasteiger partial charge in [0.05, 0.1) is 23.9 Å². The Labute approximate surface area is 140 Å². The molecule has 23 heavy (non-hydrogen) atoms. The minimum Gasteiger partial charge on any atom is -0.373 e. The lowest BCUT2D eigenvalue weighted by atomic mass is 9.96. The fourth-order valence-corrected chi connectivity index (χ4v) is 4.69. The van der Waals surface area contributed by atoms with Gasteiger partial charge in [0.15, 0.2) is 5.13 Å². The number of urea groups is 1. The summed E-state index contributed by atoms with van der Waals surface area (Å²) in [6, 6.07) is 0.279. The number of aryl methyl sites for hydroxylation is 2. The fourth-order valence-electron chi connectivity index (χ4n) is 3.73. The maximum absolute atomic E-state index is 12.5. The smallest absolute Gasteiger partial charge is 0.317 e. The van der Waals surface area contributed by atoms with Crippen LogP contribution in [0, 0.1) is 13.8 Å². The first-order chi connectivity index (χ1) is 11.1. The Morgan fingerprint density at radius 3 is 2.61 bits per heavy atom. The Morgan fingerprint density at radius 1 is 1.26 bits per heavy atom. The molecule has 4 rings (SSSR count). The van der Waals surface area contributed by atoms with E-state index in [2.05, 4.69) is 29.0 Å². The Kier molecular flexibility index (Phi) is 3.93. The molecular formula is C16H24N4O2S. The molecule has 3 saturated heterocycles. The van der Waals surface area contributed by atoms with E-state index in [9.17, 15) is 4.79 Å². The van der Waals surface area contributed by atoms with Crippen molar-refractivity contribution in [1.29, 1.82) is 0 Å². The molecule has 2 amide bonds. The molecule has 0 aromatic carbocycles. The maximum atomic E-state index is 12.5. The van der Waals surface area contributed by atoms with Crippen LogP contribution in [0.2, 0.25) is 0 Å². The highest BCUT2D eigenvalue weighted by atomic mass is 32.1. The molecule has 126 valence electrons. The SMILES string of the molecule is Cc1nc(N2CCN(C(=O)NC3CC4CCC3O4)CC2)sc1C. The van der Waals surface area contributed by atoms with Crippen LogP contribution < -0.4 is 10.2 Å². The summed E-state index contributed by atoms with van der Waals surface area (Å²) in [5, 5.41) is 4.26. The van der Waals surface area contributed by atoms with E-state index in [1.165, 1.54) is 4.88 Å². The number of nitrogens with zero attached hydrogens (tertiary/aromatic N) is 3. The molecule has 0 saturated carbocycles.